The van der Waals surface area contributed by atoms with Gasteiger partial charge in [0.1, 0.15) is 0 Å². The quantitative estimate of drug-likeness (QED) is 0.612. The first-order valence-corrected chi connectivity index (χ1v) is 6.14. The zero-order valence-electron chi connectivity index (χ0n) is 12.3. The van der Waals surface area contributed by atoms with Gasteiger partial charge in [0.05, 0.1) is 16.8 Å². The maximum Gasteiger partial charge on any atom is 0.488 e. The highest BCUT2D eigenvalue weighted by Gasteiger charge is 2.32. The summed E-state index contributed by atoms with van der Waals surface area (Å²) in [7, 11) is -1.87. The summed E-state index contributed by atoms with van der Waals surface area (Å²) in [4.78, 5) is 0. The van der Waals surface area contributed by atoms with E-state index in [9.17, 15) is 13.2 Å². The summed E-state index contributed by atoms with van der Waals surface area (Å²) in [6.45, 7) is 6.31. The Labute approximate surface area is 122 Å². The minimum Gasteiger partial charge on any atom is -0.423 e. The maximum absolute atomic E-state index is 12.1. The first-order chi connectivity index (χ1) is 9.16. The van der Waals surface area contributed by atoms with Crippen LogP contribution in [0.2, 0.25) is 0 Å². The van der Waals surface area contributed by atoms with Crippen LogP contribution in [0, 0.1) is 0 Å². The second-order valence-electron chi connectivity index (χ2n) is 5.61. The molecule has 8 heteroatoms. The molecule has 120 valence electrons. The zero-order valence-corrected chi connectivity index (χ0v) is 12.3. The molecule has 0 aromatic heterocycles. The average Bonchev–Trinajstić information content (AvgIpc) is 2.26. The number of hydrogen-bond donors (Lipinski definition) is 4. The third kappa shape index (κ3) is 6.95. The van der Waals surface area contributed by atoms with Crippen molar-refractivity contribution in [2.24, 2.45) is 0 Å². The number of rotatable bonds is 2. The molecule has 0 spiro atoms. The van der Waals surface area contributed by atoms with Crippen molar-refractivity contribution < 1.29 is 33.4 Å². The molecule has 1 aromatic rings. The minimum absolute atomic E-state index is 0.171. The van der Waals surface area contributed by atoms with Crippen LogP contribution in [0.3, 0.4) is 0 Å². The van der Waals surface area contributed by atoms with E-state index in [0.717, 1.165) is 12.1 Å². The van der Waals surface area contributed by atoms with E-state index in [1.54, 1.807) is 27.7 Å². The Morgan fingerprint density at radius 2 is 1.33 bits per heavy atom. The van der Waals surface area contributed by atoms with E-state index in [-0.39, 0.29) is 5.46 Å². The van der Waals surface area contributed by atoms with Gasteiger partial charge in [0, 0.05) is 0 Å². The van der Waals surface area contributed by atoms with Crippen LogP contribution in [0.5, 0.6) is 0 Å². The van der Waals surface area contributed by atoms with Gasteiger partial charge in [-0.3, -0.25) is 0 Å². The number of aliphatic hydroxyl groups is 2. The standard InChI is InChI=1S/C7H6BF3O2.C6H14O2/c9-7(10,11)5-2-1-3-6(4-5)8(12)13;1-5(2,7)6(3,4)8/h1-4,12-13H;7-8H,1-4H3. The molecule has 21 heavy (non-hydrogen) atoms. The average molecular weight is 308 g/mol. The smallest absolute Gasteiger partial charge is 0.423 e. The molecule has 4 nitrogen and oxygen atoms in total. The number of alkyl halides is 3. The summed E-state index contributed by atoms with van der Waals surface area (Å²) in [5.41, 5.74) is -3.08. The van der Waals surface area contributed by atoms with Crippen LogP contribution < -0.4 is 5.46 Å². The topological polar surface area (TPSA) is 80.9 Å². The van der Waals surface area contributed by atoms with Crippen LogP contribution in [0.1, 0.15) is 33.3 Å². The van der Waals surface area contributed by atoms with Crippen LogP contribution in [0.25, 0.3) is 0 Å². The largest absolute Gasteiger partial charge is 0.488 e. The first kappa shape index (κ1) is 19.9. The van der Waals surface area contributed by atoms with E-state index in [1.807, 2.05) is 0 Å². The molecule has 0 aliphatic heterocycles. The van der Waals surface area contributed by atoms with Gasteiger partial charge >= 0.3 is 13.3 Å². The summed E-state index contributed by atoms with van der Waals surface area (Å²) in [5.74, 6) is 0. The third-order valence-electron chi connectivity index (χ3n) is 3.01. The van der Waals surface area contributed by atoms with Crippen LogP contribution in [-0.2, 0) is 6.18 Å². The molecular weight excluding hydrogens is 288 g/mol. The highest BCUT2D eigenvalue weighted by Crippen LogP contribution is 2.28. The van der Waals surface area contributed by atoms with E-state index in [0.29, 0.717) is 6.07 Å². The Balaban J connectivity index is 0.000000433. The Kier molecular flexibility index (Phi) is 6.43. The lowest BCUT2D eigenvalue weighted by atomic mass is 9.79. The van der Waals surface area contributed by atoms with Gasteiger partial charge in [-0.15, -0.1) is 0 Å². The van der Waals surface area contributed by atoms with Gasteiger partial charge in [-0.25, -0.2) is 0 Å². The van der Waals surface area contributed by atoms with E-state index in [1.165, 1.54) is 6.07 Å². The SMILES string of the molecule is CC(C)(O)C(C)(C)O.OB(O)c1cccc(C(F)(F)F)c1. The fourth-order valence-corrected chi connectivity index (χ4v) is 0.876. The van der Waals surface area contributed by atoms with Crippen LogP contribution in [0.15, 0.2) is 24.3 Å². The second-order valence-corrected chi connectivity index (χ2v) is 5.61. The summed E-state index contributed by atoms with van der Waals surface area (Å²) < 4.78 is 36.2. The third-order valence-corrected chi connectivity index (χ3v) is 3.01. The molecule has 4 N–H and O–H groups in total. The molecule has 0 heterocycles. The van der Waals surface area contributed by atoms with E-state index < -0.39 is 30.1 Å². The molecule has 0 atom stereocenters. The molecule has 0 fully saturated rings. The van der Waals surface area contributed by atoms with Gasteiger partial charge in [-0.1, -0.05) is 24.3 Å². The Morgan fingerprint density at radius 3 is 1.62 bits per heavy atom. The Morgan fingerprint density at radius 1 is 0.905 bits per heavy atom. The van der Waals surface area contributed by atoms with E-state index in [4.69, 9.17) is 20.3 Å². The first-order valence-electron chi connectivity index (χ1n) is 6.14. The molecule has 0 saturated heterocycles. The Bertz CT molecular complexity index is 436. The molecule has 1 rings (SSSR count). The van der Waals surface area contributed by atoms with E-state index in [2.05, 4.69) is 0 Å². The maximum atomic E-state index is 12.1. The number of halogens is 3. The number of hydrogen-bond acceptors (Lipinski definition) is 4. The molecule has 1 aromatic carbocycles. The van der Waals surface area contributed by atoms with Crippen molar-refractivity contribution in [3.8, 4) is 0 Å². The predicted molar refractivity (Wildman–Crippen MR) is 73.9 cm³/mol. The van der Waals surface area contributed by atoms with Crippen molar-refractivity contribution in [1.29, 1.82) is 0 Å². The van der Waals surface area contributed by atoms with Crippen molar-refractivity contribution in [1.82, 2.24) is 0 Å². The minimum atomic E-state index is -4.45. The van der Waals surface area contributed by atoms with Gasteiger partial charge in [-0.2, -0.15) is 13.2 Å². The fraction of sp³-hybridized carbons (Fsp3) is 0.538. The van der Waals surface area contributed by atoms with Crippen LogP contribution in [0.4, 0.5) is 13.2 Å². The van der Waals surface area contributed by atoms with Gasteiger partial charge in [-0.05, 0) is 33.2 Å². The molecular formula is C13H20BF3O4. The molecule has 0 bridgehead atoms. The highest BCUT2D eigenvalue weighted by molar-refractivity contribution is 6.58. The summed E-state index contributed by atoms with van der Waals surface area (Å²) in [6, 6.07) is 3.90. The van der Waals surface area contributed by atoms with Crippen molar-refractivity contribution in [3.05, 3.63) is 29.8 Å². The van der Waals surface area contributed by atoms with Gasteiger partial charge in [0.2, 0.25) is 0 Å². The van der Waals surface area contributed by atoms with Crippen LogP contribution >= 0.6 is 0 Å². The predicted octanol–water partition coefficient (Wildman–Crippen LogP) is 0.913. The summed E-state index contributed by atoms with van der Waals surface area (Å²) >= 11 is 0. The summed E-state index contributed by atoms with van der Waals surface area (Å²) in [6.07, 6.45) is -4.45. The zero-order chi connectivity index (χ0) is 17.1. The monoisotopic (exact) mass is 308 g/mol. The fourth-order valence-electron chi connectivity index (χ4n) is 0.876. The molecule has 0 saturated carbocycles. The van der Waals surface area contributed by atoms with Gasteiger partial charge < -0.3 is 20.3 Å². The van der Waals surface area contributed by atoms with Crippen molar-refractivity contribution in [2.75, 3.05) is 0 Å². The lowest BCUT2D eigenvalue weighted by molar-refractivity contribution is -0.137. The molecule has 0 aliphatic carbocycles. The van der Waals surface area contributed by atoms with Crippen LogP contribution in [-0.4, -0.2) is 38.6 Å². The second kappa shape index (κ2) is 6.78. The molecule has 0 radical (unpaired) electrons. The van der Waals surface area contributed by atoms with Gasteiger partial charge in [0.25, 0.3) is 0 Å². The van der Waals surface area contributed by atoms with E-state index >= 15 is 0 Å². The lowest BCUT2D eigenvalue weighted by Gasteiger charge is -2.31. The Hall–Kier alpha value is -1.09. The lowest BCUT2D eigenvalue weighted by Crippen LogP contribution is -2.44. The molecule has 0 amide bonds. The summed E-state index contributed by atoms with van der Waals surface area (Å²) in [5, 5.41) is 35.4. The highest BCUT2D eigenvalue weighted by atomic mass is 19.4. The van der Waals surface area contributed by atoms with Crippen molar-refractivity contribution in [3.63, 3.8) is 0 Å². The van der Waals surface area contributed by atoms with Crippen molar-refractivity contribution >= 4 is 12.6 Å². The van der Waals surface area contributed by atoms with Crippen molar-refractivity contribution in [2.45, 2.75) is 45.1 Å². The normalized spacial score (nSPS) is 12.5. The molecule has 0 unspecified atom stereocenters. The van der Waals surface area contributed by atoms with Gasteiger partial charge in [0.15, 0.2) is 0 Å². The number of benzene rings is 1. The molecule has 0 aliphatic rings.